The van der Waals surface area contributed by atoms with Gasteiger partial charge in [-0.15, -0.1) is 0 Å². The molecule has 0 spiro atoms. The van der Waals surface area contributed by atoms with Gasteiger partial charge in [0.25, 0.3) is 0 Å². The van der Waals surface area contributed by atoms with Crippen molar-refractivity contribution in [2.45, 2.75) is 52.0 Å². The van der Waals surface area contributed by atoms with Gasteiger partial charge in [0.05, 0.1) is 11.8 Å². The average Bonchev–Trinajstić information content (AvgIpc) is 3.19. The zero-order chi connectivity index (χ0) is 18.5. The summed E-state index contributed by atoms with van der Waals surface area (Å²) in [7, 11) is 0. The van der Waals surface area contributed by atoms with Crippen LogP contribution in [0.5, 0.6) is 0 Å². The summed E-state index contributed by atoms with van der Waals surface area (Å²) in [5.41, 5.74) is 5.13. The molecule has 0 unspecified atom stereocenters. The van der Waals surface area contributed by atoms with E-state index in [4.69, 9.17) is 4.42 Å². The fraction of sp³-hybridized carbons (Fsp3) is 0.333. The maximum absolute atomic E-state index is 5.62. The molecule has 0 N–H and O–H groups in total. The summed E-state index contributed by atoms with van der Waals surface area (Å²) < 4.78 is 8.04. The van der Waals surface area contributed by atoms with Crippen LogP contribution in [0.25, 0.3) is 21.9 Å². The molecule has 0 saturated carbocycles. The van der Waals surface area contributed by atoms with Crippen LogP contribution in [0.1, 0.15) is 45.7 Å². The highest BCUT2D eigenvalue weighted by atomic mass is 16.3. The molecule has 2 heteroatoms. The van der Waals surface area contributed by atoms with Gasteiger partial charge < -0.3 is 8.98 Å². The topological polar surface area (TPSA) is 18.1 Å². The number of para-hydroxylation sites is 1. The minimum Gasteiger partial charge on any atom is -0.464 e. The predicted octanol–water partition coefficient (Wildman–Crippen LogP) is 6.66. The van der Waals surface area contributed by atoms with E-state index >= 15 is 0 Å². The van der Waals surface area contributed by atoms with Crippen molar-refractivity contribution in [2.75, 3.05) is 0 Å². The van der Waals surface area contributed by atoms with Crippen molar-refractivity contribution in [3.05, 3.63) is 72.1 Å². The van der Waals surface area contributed by atoms with Crippen molar-refractivity contribution in [2.24, 2.45) is 0 Å². The van der Waals surface area contributed by atoms with Crippen molar-refractivity contribution >= 4 is 21.9 Å². The Bertz CT molecular complexity index is 1070. The lowest BCUT2D eigenvalue weighted by molar-refractivity contribution is 0.441. The van der Waals surface area contributed by atoms with Gasteiger partial charge in [-0.1, -0.05) is 65.0 Å². The summed E-state index contributed by atoms with van der Waals surface area (Å²) >= 11 is 0. The summed E-state index contributed by atoms with van der Waals surface area (Å²) in [6.45, 7) is 12.4. The standard InChI is InChI=1S/C24H27NO/c1-23(2,3)20-8-6-7-18-11-13-25(22(18)20)16-24(4,5)19-10-9-17-12-14-26-21(17)15-19/h6-15H,16H2,1-5H3. The molecule has 4 rings (SSSR count). The van der Waals surface area contributed by atoms with E-state index in [9.17, 15) is 0 Å². The van der Waals surface area contributed by atoms with E-state index in [-0.39, 0.29) is 10.8 Å². The second-order valence-corrected chi connectivity index (χ2v) is 8.99. The number of furan rings is 1. The van der Waals surface area contributed by atoms with Crippen LogP contribution in [-0.2, 0) is 17.4 Å². The first-order chi connectivity index (χ1) is 12.3. The maximum Gasteiger partial charge on any atom is 0.134 e. The zero-order valence-corrected chi connectivity index (χ0v) is 16.3. The Balaban J connectivity index is 1.78. The lowest BCUT2D eigenvalue weighted by Gasteiger charge is -2.28. The molecular formula is C24H27NO. The molecule has 0 fully saturated rings. The first-order valence-electron chi connectivity index (χ1n) is 9.32. The molecule has 0 radical (unpaired) electrons. The van der Waals surface area contributed by atoms with E-state index in [0.717, 1.165) is 17.5 Å². The van der Waals surface area contributed by atoms with Crippen LogP contribution in [0, 0.1) is 0 Å². The Labute approximate surface area is 155 Å². The van der Waals surface area contributed by atoms with Gasteiger partial charge >= 0.3 is 0 Å². The maximum atomic E-state index is 5.62. The molecule has 2 aromatic carbocycles. The highest BCUT2D eigenvalue weighted by Crippen LogP contribution is 2.34. The molecule has 4 aromatic rings. The first-order valence-corrected chi connectivity index (χ1v) is 9.32. The minimum absolute atomic E-state index is 0.00206. The van der Waals surface area contributed by atoms with Gasteiger partial charge in [0.1, 0.15) is 5.58 Å². The zero-order valence-electron chi connectivity index (χ0n) is 16.3. The van der Waals surface area contributed by atoms with Crippen molar-refractivity contribution in [3.8, 4) is 0 Å². The van der Waals surface area contributed by atoms with E-state index < -0.39 is 0 Å². The summed E-state index contributed by atoms with van der Waals surface area (Å²) in [6, 6.07) is 17.5. The summed E-state index contributed by atoms with van der Waals surface area (Å²) in [5, 5.41) is 2.47. The number of rotatable bonds is 3. The van der Waals surface area contributed by atoms with Gasteiger partial charge in [-0.2, -0.15) is 0 Å². The van der Waals surface area contributed by atoms with E-state index in [1.54, 1.807) is 6.26 Å². The summed E-state index contributed by atoms with van der Waals surface area (Å²) in [6.07, 6.45) is 3.99. The van der Waals surface area contributed by atoms with Gasteiger partial charge in [-0.25, -0.2) is 0 Å². The number of benzene rings is 2. The second-order valence-electron chi connectivity index (χ2n) is 8.99. The third kappa shape index (κ3) is 2.84. The van der Waals surface area contributed by atoms with Crippen molar-refractivity contribution in [1.82, 2.24) is 4.57 Å². The molecule has 0 aliphatic rings. The van der Waals surface area contributed by atoms with E-state index in [1.807, 2.05) is 6.07 Å². The van der Waals surface area contributed by atoms with E-state index in [1.165, 1.54) is 22.0 Å². The fourth-order valence-electron chi connectivity index (χ4n) is 3.89. The van der Waals surface area contributed by atoms with Crippen LogP contribution >= 0.6 is 0 Å². The Morgan fingerprint density at radius 3 is 2.46 bits per heavy atom. The third-order valence-corrected chi connectivity index (χ3v) is 5.40. The third-order valence-electron chi connectivity index (χ3n) is 5.40. The van der Waals surface area contributed by atoms with Crippen LogP contribution in [0.4, 0.5) is 0 Å². The minimum atomic E-state index is -0.00206. The Hall–Kier alpha value is -2.48. The second kappa shape index (κ2) is 5.77. The summed E-state index contributed by atoms with van der Waals surface area (Å²) in [4.78, 5) is 0. The SMILES string of the molecule is CC(C)(C)c1cccc2ccn(CC(C)(C)c3ccc4ccoc4c3)c12. The molecule has 134 valence electrons. The molecule has 0 saturated heterocycles. The molecule has 0 atom stereocenters. The number of nitrogens with zero attached hydrogens (tertiary/aromatic N) is 1. The van der Waals surface area contributed by atoms with Gasteiger partial charge in [-0.3, -0.25) is 0 Å². The van der Waals surface area contributed by atoms with E-state index in [2.05, 4.69) is 87.8 Å². The highest BCUT2D eigenvalue weighted by Gasteiger charge is 2.25. The fourth-order valence-corrected chi connectivity index (χ4v) is 3.89. The predicted molar refractivity (Wildman–Crippen MR) is 110 cm³/mol. The Morgan fingerprint density at radius 2 is 1.69 bits per heavy atom. The smallest absolute Gasteiger partial charge is 0.134 e. The first kappa shape index (κ1) is 17.0. The molecule has 0 aliphatic heterocycles. The van der Waals surface area contributed by atoms with Gasteiger partial charge in [0, 0.05) is 23.5 Å². The molecular weight excluding hydrogens is 318 g/mol. The molecule has 0 bridgehead atoms. The van der Waals surface area contributed by atoms with Gasteiger partial charge in [-0.05, 0) is 40.1 Å². The Morgan fingerprint density at radius 1 is 0.885 bits per heavy atom. The normalized spacial score (nSPS) is 13.0. The number of fused-ring (bicyclic) bond motifs is 2. The number of hydrogen-bond donors (Lipinski definition) is 0. The highest BCUT2D eigenvalue weighted by molar-refractivity contribution is 5.84. The van der Waals surface area contributed by atoms with Crippen LogP contribution in [0.15, 0.2) is 65.4 Å². The lowest BCUT2D eigenvalue weighted by Crippen LogP contribution is -2.25. The molecule has 0 amide bonds. The number of hydrogen-bond acceptors (Lipinski definition) is 1. The van der Waals surface area contributed by atoms with Crippen molar-refractivity contribution in [1.29, 1.82) is 0 Å². The largest absolute Gasteiger partial charge is 0.464 e. The van der Waals surface area contributed by atoms with Crippen molar-refractivity contribution in [3.63, 3.8) is 0 Å². The molecule has 26 heavy (non-hydrogen) atoms. The van der Waals surface area contributed by atoms with Crippen LogP contribution < -0.4 is 0 Å². The molecule has 0 aliphatic carbocycles. The number of aromatic nitrogens is 1. The Kier molecular flexibility index (Phi) is 3.76. The summed E-state index contributed by atoms with van der Waals surface area (Å²) in [5.74, 6) is 0. The van der Waals surface area contributed by atoms with Crippen LogP contribution in [0.2, 0.25) is 0 Å². The van der Waals surface area contributed by atoms with Crippen molar-refractivity contribution < 1.29 is 4.42 Å². The molecule has 2 nitrogen and oxygen atoms in total. The van der Waals surface area contributed by atoms with E-state index in [0.29, 0.717) is 0 Å². The quantitative estimate of drug-likeness (QED) is 0.406. The monoisotopic (exact) mass is 345 g/mol. The lowest BCUT2D eigenvalue weighted by atomic mass is 9.83. The van der Waals surface area contributed by atoms with Crippen LogP contribution in [0.3, 0.4) is 0 Å². The van der Waals surface area contributed by atoms with Gasteiger partial charge in [0.2, 0.25) is 0 Å². The average molecular weight is 345 g/mol. The molecule has 2 heterocycles. The molecule has 2 aromatic heterocycles. The van der Waals surface area contributed by atoms with Gasteiger partial charge in [0.15, 0.2) is 0 Å². The van der Waals surface area contributed by atoms with Crippen LogP contribution in [-0.4, -0.2) is 4.57 Å².